The summed E-state index contributed by atoms with van der Waals surface area (Å²) in [5, 5.41) is 10.2. The van der Waals surface area contributed by atoms with Crippen LogP contribution in [0.1, 0.15) is 34.9 Å². The largest absolute Gasteiger partial charge is 0.352 e. The Labute approximate surface area is 145 Å². The average molecular weight is 346 g/mol. The molecule has 1 aliphatic rings. The van der Waals surface area contributed by atoms with Crippen molar-refractivity contribution in [3.05, 3.63) is 41.5 Å². The molecule has 128 valence electrons. The first-order chi connectivity index (χ1) is 11.7. The van der Waals surface area contributed by atoms with Crippen molar-refractivity contribution in [3.8, 4) is 0 Å². The van der Waals surface area contributed by atoms with Gasteiger partial charge in [0.15, 0.2) is 5.82 Å². The van der Waals surface area contributed by atoms with Gasteiger partial charge in [-0.1, -0.05) is 17.3 Å². The highest BCUT2D eigenvalue weighted by molar-refractivity contribution is 7.98. The second-order valence-corrected chi connectivity index (χ2v) is 6.96. The topological polar surface area (TPSA) is 80.0 Å². The van der Waals surface area contributed by atoms with Crippen molar-refractivity contribution in [1.82, 2.24) is 20.8 Å². The number of thioether (sulfide) groups is 1. The van der Waals surface area contributed by atoms with Crippen LogP contribution in [0.3, 0.4) is 0 Å². The Morgan fingerprint density at radius 1 is 1.46 bits per heavy atom. The van der Waals surface area contributed by atoms with Crippen molar-refractivity contribution in [1.29, 1.82) is 0 Å². The Balaban J connectivity index is 1.58. The number of carbonyl (C=O) groups is 1. The molecule has 1 aliphatic heterocycles. The minimum Gasteiger partial charge on any atom is -0.352 e. The summed E-state index contributed by atoms with van der Waals surface area (Å²) in [7, 11) is 0. The summed E-state index contributed by atoms with van der Waals surface area (Å²) < 4.78 is 5.12. The highest BCUT2D eigenvalue weighted by atomic mass is 32.2. The summed E-state index contributed by atoms with van der Waals surface area (Å²) in [5.74, 6) is 2.24. The summed E-state index contributed by atoms with van der Waals surface area (Å²) >= 11 is 1.53. The first kappa shape index (κ1) is 17.0. The van der Waals surface area contributed by atoms with Crippen LogP contribution < -0.4 is 10.6 Å². The molecule has 1 amide bonds. The third-order valence-electron chi connectivity index (χ3n) is 4.00. The molecule has 24 heavy (non-hydrogen) atoms. The van der Waals surface area contributed by atoms with E-state index in [2.05, 4.69) is 20.8 Å². The zero-order chi connectivity index (χ0) is 16.8. The molecule has 0 saturated carbocycles. The molecule has 6 nitrogen and oxygen atoms in total. The van der Waals surface area contributed by atoms with Gasteiger partial charge in [0.1, 0.15) is 0 Å². The van der Waals surface area contributed by atoms with Gasteiger partial charge < -0.3 is 15.2 Å². The van der Waals surface area contributed by atoms with Crippen LogP contribution in [0.25, 0.3) is 0 Å². The molecule has 0 aliphatic carbocycles. The van der Waals surface area contributed by atoms with E-state index < -0.39 is 0 Å². The zero-order valence-corrected chi connectivity index (χ0v) is 14.6. The maximum absolute atomic E-state index is 12.5. The number of aryl methyl sites for hydroxylation is 1. The van der Waals surface area contributed by atoms with E-state index in [-0.39, 0.29) is 5.91 Å². The third-order valence-corrected chi connectivity index (χ3v) is 5.06. The van der Waals surface area contributed by atoms with Crippen LogP contribution in [0.15, 0.2) is 33.7 Å². The fourth-order valence-corrected chi connectivity index (χ4v) is 3.64. The predicted octanol–water partition coefficient (Wildman–Crippen LogP) is 2.40. The Morgan fingerprint density at radius 2 is 2.33 bits per heavy atom. The van der Waals surface area contributed by atoms with Gasteiger partial charge in [-0.15, -0.1) is 11.8 Å². The van der Waals surface area contributed by atoms with Gasteiger partial charge in [0.2, 0.25) is 5.89 Å². The average Bonchev–Trinajstić information content (AvgIpc) is 3.04. The van der Waals surface area contributed by atoms with Crippen molar-refractivity contribution in [2.45, 2.75) is 30.4 Å². The molecule has 0 radical (unpaired) electrons. The van der Waals surface area contributed by atoms with Crippen molar-refractivity contribution in [3.63, 3.8) is 0 Å². The van der Waals surface area contributed by atoms with Crippen LogP contribution in [0.5, 0.6) is 0 Å². The number of hydrogen-bond acceptors (Lipinski definition) is 6. The number of piperidine rings is 1. The SMILES string of the molecule is Cc1noc(CSc2ccccc2C(=O)NCC2CCCNC2)n1. The summed E-state index contributed by atoms with van der Waals surface area (Å²) in [5.41, 5.74) is 0.697. The summed E-state index contributed by atoms with van der Waals surface area (Å²) in [6.45, 7) is 4.57. The van der Waals surface area contributed by atoms with Crippen LogP contribution >= 0.6 is 11.8 Å². The van der Waals surface area contributed by atoms with Gasteiger partial charge in [-0.05, 0) is 50.9 Å². The molecule has 2 aromatic rings. The van der Waals surface area contributed by atoms with Crippen molar-refractivity contribution in [2.75, 3.05) is 19.6 Å². The maximum atomic E-state index is 12.5. The molecule has 0 spiro atoms. The van der Waals surface area contributed by atoms with Crippen molar-refractivity contribution >= 4 is 17.7 Å². The van der Waals surface area contributed by atoms with E-state index in [9.17, 15) is 4.79 Å². The molecule has 2 N–H and O–H groups in total. The lowest BCUT2D eigenvalue weighted by molar-refractivity contribution is 0.0942. The Kier molecular flexibility index (Phi) is 5.87. The van der Waals surface area contributed by atoms with E-state index in [0.717, 1.165) is 18.0 Å². The zero-order valence-electron chi connectivity index (χ0n) is 13.7. The number of nitrogens with one attached hydrogen (secondary N) is 2. The Morgan fingerprint density at radius 3 is 3.08 bits per heavy atom. The highest BCUT2D eigenvalue weighted by Crippen LogP contribution is 2.26. The van der Waals surface area contributed by atoms with E-state index >= 15 is 0 Å². The highest BCUT2D eigenvalue weighted by Gasteiger charge is 2.16. The molecule has 7 heteroatoms. The number of amides is 1. The minimum absolute atomic E-state index is 0.0228. The second-order valence-electron chi connectivity index (χ2n) is 5.94. The second kappa shape index (κ2) is 8.30. The number of carbonyl (C=O) groups excluding carboxylic acids is 1. The standard InChI is InChI=1S/C17H22N4O2S/c1-12-20-16(23-21-12)11-24-15-7-3-2-6-14(15)17(22)19-10-13-5-4-8-18-9-13/h2-3,6-7,13,18H,4-5,8-11H2,1H3,(H,19,22). The van der Waals surface area contributed by atoms with E-state index in [1.54, 1.807) is 6.92 Å². The number of hydrogen-bond donors (Lipinski definition) is 2. The number of rotatable bonds is 6. The lowest BCUT2D eigenvalue weighted by atomic mass is 10.00. The van der Waals surface area contributed by atoms with Crippen LogP contribution in [0, 0.1) is 12.8 Å². The lowest BCUT2D eigenvalue weighted by Crippen LogP contribution is -2.38. The van der Waals surface area contributed by atoms with Gasteiger partial charge in [-0.3, -0.25) is 4.79 Å². The van der Waals surface area contributed by atoms with E-state index in [1.165, 1.54) is 24.6 Å². The van der Waals surface area contributed by atoms with Crippen LogP contribution in [0.2, 0.25) is 0 Å². The minimum atomic E-state index is -0.0228. The molecule has 1 unspecified atom stereocenters. The fraction of sp³-hybridized carbons (Fsp3) is 0.471. The number of aromatic nitrogens is 2. The van der Waals surface area contributed by atoms with Gasteiger partial charge >= 0.3 is 0 Å². The van der Waals surface area contributed by atoms with Gasteiger partial charge in [0.05, 0.1) is 11.3 Å². The van der Waals surface area contributed by atoms with E-state index in [1.807, 2.05) is 24.3 Å². The van der Waals surface area contributed by atoms with Crippen molar-refractivity contribution < 1.29 is 9.32 Å². The van der Waals surface area contributed by atoms with Crippen LogP contribution in [0.4, 0.5) is 0 Å². The van der Waals surface area contributed by atoms with Crippen LogP contribution in [-0.2, 0) is 5.75 Å². The predicted molar refractivity (Wildman–Crippen MR) is 93.0 cm³/mol. The summed E-state index contributed by atoms with van der Waals surface area (Å²) in [6, 6.07) is 7.63. The molecule has 1 aromatic carbocycles. The summed E-state index contributed by atoms with van der Waals surface area (Å²) in [6.07, 6.45) is 2.34. The molecule has 0 bridgehead atoms. The quantitative estimate of drug-likeness (QED) is 0.782. The Hall–Kier alpha value is -1.86. The number of benzene rings is 1. The molecule has 1 aromatic heterocycles. The monoisotopic (exact) mass is 346 g/mol. The smallest absolute Gasteiger partial charge is 0.252 e. The molecular weight excluding hydrogens is 324 g/mol. The molecule has 3 rings (SSSR count). The maximum Gasteiger partial charge on any atom is 0.252 e. The first-order valence-electron chi connectivity index (χ1n) is 8.22. The van der Waals surface area contributed by atoms with Crippen LogP contribution in [-0.4, -0.2) is 35.7 Å². The molecule has 2 heterocycles. The normalized spacial score (nSPS) is 17.6. The first-order valence-corrected chi connectivity index (χ1v) is 9.21. The molecule has 1 saturated heterocycles. The van der Waals surface area contributed by atoms with E-state index in [4.69, 9.17) is 4.52 Å². The van der Waals surface area contributed by atoms with Gasteiger partial charge in [-0.2, -0.15) is 4.98 Å². The molecular formula is C17H22N4O2S. The van der Waals surface area contributed by atoms with Crippen molar-refractivity contribution in [2.24, 2.45) is 5.92 Å². The third kappa shape index (κ3) is 4.58. The molecule has 1 atom stereocenters. The van der Waals surface area contributed by atoms with Gasteiger partial charge in [-0.25, -0.2) is 0 Å². The molecule has 1 fully saturated rings. The van der Waals surface area contributed by atoms with Gasteiger partial charge in [0.25, 0.3) is 5.91 Å². The Bertz CT molecular complexity index is 683. The van der Waals surface area contributed by atoms with E-state index in [0.29, 0.717) is 35.5 Å². The summed E-state index contributed by atoms with van der Waals surface area (Å²) in [4.78, 5) is 17.6. The number of nitrogens with zero attached hydrogens (tertiary/aromatic N) is 2. The van der Waals surface area contributed by atoms with Gasteiger partial charge in [0, 0.05) is 11.4 Å². The fourth-order valence-electron chi connectivity index (χ4n) is 2.75. The lowest BCUT2D eigenvalue weighted by Gasteiger charge is -2.23.